The number of hydrogen-bond acceptors (Lipinski definition) is 1. The maximum absolute atomic E-state index is 12.0. The lowest BCUT2D eigenvalue weighted by Crippen LogP contribution is -2.02. The van der Waals surface area contributed by atoms with Crippen LogP contribution in [-0.2, 0) is 12.8 Å². The maximum atomic E-state index is 12.0. The monoisotopic (exact) mass is 216 g/mol. The minimum atomic E-state index is 0.0272. The van der Waals surface area contributed by atoms with E-state index in [1.807, 2.05) is 24.3 Å². The van der Waals surface area contributed by atoms with Crippen LogP contribution in [0.15, 0.2) is 24.3 Å². The van der Waals surface area contributed by atoms with Crippen LogP contribution in [0.2, 0.25) is 0 Å². The van der Waals surface area contributed by atoms with Gasteiger partial charge in [-0.15, -0.1) is 0 Å². The molecule has 2 heterocycles. The lowest BCUT2D eigenvalue weighted by atomic mass is 10.2. The van der Waals surface area contributed by atoms with E-state index >= 15 is 0 Å². The molecule has 2 aromatic heterocycles. The molecular formula is C13H16N2O. The normalized spacial score (nSPS) is 10.6. The Morgan fingerprint density at radius 3 is 1.69 bits per heavy atom. The van der Waals surface area contributed by atoms with Crippen LogP contribution in [0.1, 0.15) is 41.4 Å². The molecule has 0 atom stereocenters. The zero-order valence-corrected chi connectivity index (χ0v) is 9.63. The molecule has 0 saturated heterocycles. The average Bonchev–Trinajstić information content (AvgIpc) is 2.97. The number of nitrogens with one attached hydrogen (secondary N) is 2. The molecule has 0 bridgehead atoms. The minimum absolute atomic E-state index is 0.0272. The first-order chi connectivity index (χ1) is 7.74. The zero-order chi connectivity index (χ0) is 11.5. The smallest absolute Gasteiger partial charge is 0.225 e. The summed E-state index contributed by atoms with van der Waals surface area (Å²) in [5.74, 6) is 0.0272. The van der Waals surface area contributed by atoms with Crippen LogP contribution in [0.5, 0.6) is 0 Å². The van der Waals surface area contributed by atoms with Crippen molar-refractivity contribution in [1.29, 1.82) is 0 Å². The van der Waals surface area contributed by atoms with Crippen molar-refractivity contribution in [2.75, 3.05) is 0 Å². The summed E-state index contributed by atoms with van der Waals surface area (Å²) >= 11 is 0. The van der Waals surface area contributed by atoms with Crippen molar-refractivity contribution in [3.05, 3.63) is 47.0 Å². The average molecular weight is 216 g/mol. The molecule has 0 aliphatic carbocycles. The van der Waals surface area contributed by atoms with E-state index in [1.54, 1.807) is 0 Å². The van der Waals surface area contributed by atoms with Crippen LogP contribution >= 0.6 is 0 Å². The Bertz CT molecular complexity index is 449. The summed E-state index contributed by atoms with van der Waals surface area (Å²) in [6.45, 7) is 4.12. The zero-order valence-electron chi connectivity index (χ0n) is 9.63. The minimum Gasteiger partial charge on any atom is -0.356 e. The van der Waals surface area contributed by atoms with Crippen molar-refractivity contribution in [3.8, 4) is 0 Å². The molecule has 84 valence electrons. The van der Waals surface area contributed by atoms with Crippen LogP contribution in [-0.4, -0.2) is 15.8 Å². The third kappa shape index (κ3) is 1.94. The van der Waals surface area contributed by atoms with E-state index in [-0.39, 0.29) is 5.78 Å². The summed E-state index contributed by atoms with van der Waals surface area (Å²) in [6.07, 6.45) is 1.83. The van der Waals surface area contributed by atoms with Crippen LogP contribution in [0, 0.1) is 0 Å². The van der Waals surface area contributed by atoms with Gasteiger partial charge >= 0.3 is 0 Å². The molecule has 2 aromatic rings. The van der Waals surface area contributed by atoms with E-state index in [2.05, 4.69) is 23.8 Å². The van der Waals surface area contributed by atoms with Crippen molar-refractivity contribution in [3.63, 3.8) is 0 Å². The van der Waals surface area contributed by atoms with Gasteiger partial charge in [-0.05, 0) is 37.1 Å². The Hall–Kier alpha value is -1.77. The van der Waals surface area contributed by atoms with E-state index in [1.165, 1.54) is 0 Å². The number of aromatic nitrogens is 2. The predicted molar refractivity (Wildman–Crippen MR) is 63.8 cm³/mol. The number of aryl methyl sites for hydroxylation is 2. The van der Waals surface area contributed by atoms with Crippen molar-refractivity contribution in [2.45, 2.75) is 26.7 Å². The van der Waals surface area contributed by atoms with Gasteiger partial charge in [0.1, 0.15) is 0 Å². The highest BCUT2D eigenvalue weighted by Gasteiger charge is 2.12. The van der Waals surface area contributed by atoms with E-state index in [0.29, 0.717) is 11.4 Å². The van der Waals surface area contributed by atoms with Gasteiger partial charge in [-0.3, -0.25) is 4.79 Å². The van der Waals surface area contributed by atoms with Gasteiger partial charge in [-0.25, -0.2) is 0 Å². The number of hydrogen-bond donors (Lipinski definition) is 2. The molecular weight excluding hydrogens is 200 g/mol. The quantitative estimate of drug-likeness (QED) is 0.758. The second-order valence-corrected chi connectivity index (χ2v) is 3.83. The number of ketones is 1. The Kier molecular flexibility index (Phi) is 2.95. The summed E-state index contributed by atoms with van der Waals surface area (Å²) < 4.78 is 0. The van der Waals surface area contributed by atoms with Crippen molar-refractivity contribution in [1.82, 2.24) is 9.97 Å². The maximum Gasteiger partial charge on any atom is 0.225 e. The highest BCUT2D eigenvalue weighted by molar-refractivity contribution is 6.06. The van der Waals surface area contributed by atoms with Crippen LogP contribution in [0.3, 0.4) is 0 Å². The molecule has 3 nitrogen and oxygen atoms in total. The first-order valence-electron chi connectivity index (χ1n) is 5.65. The Morgan fingerprint density at radius 2 is 1.38 bits per heavy atom. The molecule has 0 radical (unpaired) electrons. The number of H-pyrrole nitrogens is 2. The highest BCUT2D eigenvalue weighted by Crippen LogP contribution is 2.10. The fraction of sp³-hybridized carbons (Fsp3) is 0.308. The Balaban J connectivity index is 2.24. The molecule has 16 heavy (non-hydrogen) atoms. The Labute approximate surface area is 94.9 Å². The number of carbonyl (C=O) groups is 1. The third-order valence-electron chi connectivity index (χ3n) is 2.74. The molecule has 2 rings (SSSR count). The topological polar surface area (TPSA) is 48.6 Å². The number of carbonyl (C=O) groups excluding carboxylic acids is 1. The van der Waals surface area contributed by atoms with Gasteiger partial charge in [0.15, 0.2) is 0 Å². The molecule has 0 aromatic carbocycles. The third-order valence-corrected chi connectivity index (χ3v) is 2.74. The van der Waals surface area contributed by atoms with Gasteiger partial charge < -0.3 is 9.97 Å². The van der Waals surface area contributed by atoms with Gasteiger partial charge in [-0.2, -0.15) is 0 Å². The molecule has 2 N–H and O–H groups in total. The lowest BCUT2D eigenvalue weighted by molar-refractivity contribution is 0.103. The molecule has 0 fully saturated rings. The van der Waals surface area contributed by atoms with Crippen molar-refractivity contribution >= 4 is 5.78 Å². The molecule has 0 aliphatic heterocycles. The summed E-state index contributed by atoms with van der Waals surface area (Å²) in [7, 11) is 0. The Morgan fingerprint density at radius 1 is 0.938 bits per heavy atom. The molecule has 0 unspecified atom stereocenters. The summed E-state index contributed by atoms with van der Waals surface area (Å²) in [4.78, 5) is 18.3. The van der Waals surface area contributed by atoms with E-state index in [4.69, 9.17) is 0 Å². The van der Waals surface area contributed by atoms with Gasteiger partial charge in [0, 0.05) is 11.4 Å². The van der Waals surface area contributed by atoms with E-state index < -0.39 is 0 Å². The van der Waals surface area contributed by atoms with Gasteiger partial charge in [0.25, 0.3) is 0 Å². The summed E-state index contributed by atoms with van der Waals surface area (Å²) in [5, 5.41) is 0. The number of rotatable bonds is 4. The largest absolute Gasteiger partial charge is 0.356 e. The van der Waals surface area contributed by atoms with Crippen LogP contribution < -0.4 is 0 Å². The summed E-state index contributed by atoms with van der Waals surface area (Å²) in [5.41, 5.74) is 3.49. The fourth-order valence-electron chi connectivity index (χ4n) is 1.70. The van der Waals surface area contributed by atoms with E-state index in [9.17, 15) is 4.79 Å². The standard InChI is InChI=1S/C13H16N2O/c1-3-9-5-7-11(14-9)13(16)12-8-6-10(4-2)15-12/h5-8,14-15H,3-4H2,1-2H3. The second kappa shape index (κ2) is 4.39. The van der Waals surface area contributed by atoms with Gasteiger partial charge in [0.2, 0.25) is 5.78 Å². The van der Waals surface area contributed by atoms with Gasteiger partial charge in [-0.1, -0.05) is 13.8 Å². The van der Waals surface area contributed by atoms with Gasteiger partial charge in [0.05, 0.1) is 11.4 Å². The molecule has 0 aliphatic rings. The fourth-order valence-corrected chi connectivity index (χ4v) is 1.70. The second-order valence-electron chi connectivity index (χ2n) is 3.83. The van der Waals surface area contributed by atoms with Crippen molar-refractivity contribution in [2.24, 2.45) is 0 Å². The molecule has 0 spiro atoms. The molecule has 0 amide bonds. The first kappa shape index (κ1) is 10.7. The molecule has 3 heteroatoms. The van der Waals surface area contributed by atoms with Crippen molar-refractivity contribution < 1.29 is 4.79 Å². The van der Waals surface area contributed by atoms with Crippen LogP contribution in [0.4, 0.5) is 0 Å². The first-order valence-corrected chi connectivity index (χ1v) is 5.65. The highest BCUT2D eigenvalue weighted by atomic mass is 16.1. The van der Waals surface area contributed by atoms with E-state index in [0.717, 1.165) is 24.2 Å². The van der Waals surface area contributed by atoms with Crippen LogP contribution in [0.25, 0.3) is 0 Å². The number of aromatic amines is 2. The molecule has 0 saturated carbocycles. The predicted octanol–water partition coefficient (Wildman–Crippen LogP) is 2.70. The SMILES string of the molecule is CCc1ccc(C(=O)c2ccc(CC)[nH]2)[nH]1. The summed E-state index contributed by atoms with van der Waals surface area (Å²) in [6, 6.07) is 7.59. The lowest BCUT2D eigenvalue weighted by Gasteiger charge is -1.95.